The standard InChI is InChI=1S/C19H31N5O4.2ClH/c1-5-27-14-11-19(20,18(14,3)4)17(26)24-8-6-23(7-9-24)12-16(25)21-15-10-13(2)28-22-15;;/h10,14H,5-9,11-12,20H2,1-4H3,(H,21,22,25);2*1H. The van der Waals surface area contributed by atoms with Gasteiger partial charge in [0.25, 0.3) is 0 Å². The lowest BCUT2D eigenvalue weighted by Crippen LogP contribution is -2.76. The molecular weight excluding hydrogens is 433 g/mol. The first-order valence-electron chi connectivity index (χ1n) is 9.82. The summed E-state index contributed by atoms with van der Waals surface area (Å²) in [6.07, 6.45) is 0.559. The Morgan fingerprint density at radius 3 is 2.43 bits per heavy atom. The van der Waals surface area contributed by atoms with E-state index in [-0.39, 0.29) is 49.3 Å². The van der Waals surface area contributed by atoms with Crippen molar-refractivity contribution >= 4 is 42.4 Å². The maximum atomic E-state index is 13.1. The number of nitrogens with two attached hydrogens (primary N) is 1. The highest BCUT2D eigenvalue weighted by Crippen LogP contribution is 2.50. The number of hydrogen-bond donors (Lipinski definition) is 2. The van der Waals surface area contributed by atoms with Gasteiger partial charge in [-0.25, -0.2) is 0 Å². The fourth-order valence-corrected chi connectivity index (χ4v) is 4.00. The van der Waals surface area contributed by atoms with Crippen LogP contribution in [0.25, 0.3) is 0 Å². The number of hydrogen-bond acceptors (Lipinski definition) is 7. The van der Waals surface area contributed by atoms with Gasteiger partial charge in [-0.15, -0.1) is 24.8 Å². The maximum Gasteiger partial charge on any atom is 0.243 e. The summed E-state index contributed by atoms with van der Waals surface area (Å²) in [7, 11) is 0. The van der Waals surface area contributed by atoms with E-state index in [1.807, 2.05) is 30.6 Å². The van der Waals surface area contributed by atoms with Crippen molar-refractivity contribution < 1.29 is 18.8 Å². The Balaban J connectivity index is 0.00000225. The summed E-state index contributed by atoms with van der Waals surface area (Å²) in [5, 5.41) is 6.47. The van der Waals surface area contributed by atoms with Crippen molar-refractivity contribution in [3.8, 4) is 0 Å². The predicted octanol–water partition coefficient (Wildman–Crippen LogP) is 1.44. The lowest BCUT2D eigenvalue weighted by Gasteiger charge is -2.59. The Kier molecular flexibility index (Phi) is 9.13. The van der Waals surface area contributed by atoms with E-state index in [0.717, 1.165) is 0 Å². The molecule has 0 radical (unpaired) electrons. The molecule has 2 heterocycles. The van der Waals surface area contributed by atoms with Crippen LogP contribution in [-0.4, -0.2) is 77.7 Å². The first-order chi connectivity index (χ1) is 13.2. The van der Waals surface area contributed by atoms with Gasteiger partial charge in [-0.3, -0.25) is 14.5 Å². The van der Waals surface area contributed by atoms with Crippen molar-refractivity contribution in [2.45, 2.75) is 45.8 Å². The number of ether oxygens (including phenoxy) is 1. The summed E-state index contributed by atoms with van der Waals surface area (Å²) in [6, 6.07) is 1.67. The van der Waals surface area contributed by atoms with Crippen LogP contribution in [-0.2, 0) is 14.3 Å². The van der Waals surface area contributed by atoms with E-state index in [4.69, 9.17) is 15.0 Å². The van der Waals surface area contributed by atoms with Crippen LogP contribution in [0.5, 0.6) is 0 Å². The largest absolute Gasteiger partial charge is 0.378 e. The van der Waals surface area contributed by atoms with Crippen LogP contribution in [0.4, 0.5) is 5.82 Å². The predicted molar refractivity (Wildman–Crippen MR) is 118 cm³/mol. The topological polar surface area (TPSA) is 114 Å². The summed E-state index contributed by atoms with van der Waals surface area (Å²) in [5.74, 6) is 0.889. The molecule has 2 atom stereocenters. The molecule has 1 aromatic rings. The van der Waals surface area contributed by atoms with Crippen molar-refractivity contribution in [3.05, 3.63) is 11.8 Å². The van der Waals surface area contributed by atoms with Crippen LogP contribution in [0.1, 0.15) is 33.0 Å². The molecule has 9 nitrogen and oxygen atoms in total. The minimum atomic E-state index is -0.892. The third-order valence-electron chi connectivity index (χ3n) is 6.13. The Labute approximate surface area is 189 Å². The van der Waals surface area contributed by atoms with Gasteiger partial charge in [-0.1, -0.05) is 19.0 Å². The van der Waals surface area contributed by atoms with Gasteiger partial charge in [0.2, 0.25) is 11.8 Å². The number of carbonyl (C=O) groups excluding carboxylic acids is 2. The van der Waals surface area contributed by atoms with Gasteiger partial charge in [0, 0.05) is 50.7 Å². The van der Waals surface area contributed by atoms with Gasteiger partial charge in [0.1, 0.15) is 11.3 Å². The number of anilines is 1. The fourth-order valence-electron chi connectivity index (χ4n) is 4.00. The third-order valence-corrected chi connectivity index (χ3v) is 6.13. The number of amides is 2. The molecule has 1 aliphatic heterocycles. The minimum Gasteiger partial charge on any atom is -0.378 e. The number of nitrogens with zero attached hydrogens (tertiary/aromatic N) is 3. The van der Waals surface area contributed by atoms with E-state index in [0.29, 0.717) is 50.8 Å². The maximum absolute atomic E-state index is 13.1. The normalized spacial score (nSPS) is 25.5. The van der Waals surface area contributed by atoms with Crippen molar-refractivity contribution in [3.63, 3.8) is 0 Å². The van der Waals surface area contributed by atoms with Gasteiger partial charge < -0.3 is 25.2 Å². The average molecular weight is 466 g/mol. The summed E-state index contributed by atoms with van der Waals surface area (Å²) >= 11 is 0. The van der Waals surface area contributed by atoms with E-state index in [1.54, 1.807) is 13.0 Å². The second-order valence-corrected chi connectivity index (χ2v) is 8.28. The van der Waals surface area contributed by atoms with Gasteiger partial charge in [0.05, 0.1) is 12.6 Å². The lowest BCUT2D eigenvalue weighted by molar-refractivity contribution is -0.180. The zero-order valence-corrected chi connectivity index (χ0v) is 19.6. The summed E-state index contributed by atoms with van der Waals surface area (Å²) in [5.41, 5.74) is 5.23. The van der Waals surface area contributed by atoms with Crippen molar-refractivity contribution in [1.29, 1.82) is 0 Å². The van der Waals surface area contributed by atoms with Crippen LogP contribution >= 0.6 is 24.8 Å². The van der Waals surface area contributed by atoms with Crippen molar-refractivity contribution in [1.82, 2.24) is 15.0 Å². The van der Waals surface area contributed by atoms with E-state index in [9.17, 15) is 9.59 Å². The minimum absolute atomic E-state index is 0. The Morgan fingerprint density at radius 2 is 1.93 bits per heavy atom. The SMILES string of the molecule is CCOC1CC(N)(C(=O)N2CCN(CC(=O)Nc3cc(C)on3)CC2)C1(C)C.Cl.Cl. The second-order valence-electron chi connectivity index (χ2n) is 8.28. The smallest absolute Gasteiger partial charge is 0.243 e. The highest BCUT2D eigenvalue weighted by molar-refractivity contribution is 5.91. The number of aromatic nitrogens is 1. The molecule has 2 unspecified atom stereocenters. The van der Waals surface area contributed by atoms with Gasteiger partial charge in [-0.05, 0) is 13.8 Å². The number of carbonyl (C=O) groups is 2. The molecule has 11 heteroatoms. The third kappa shape index (κ3) is 5.08. The molecule has 1 saturated carbocycles. The quantitative estimate of drug-likeness (QED) is 0.652. The molecule has 3 N–H and O–H groups in total. The number of rotatable bonds is 6. The van der Waals surface area contributed by atoms with Crippen molar-refractivity contribution in [2.24, 2.45) is 11.1 Å². The van der Waals surface area contributed by atoms with Gasteiger partial charge in [0.15, 0.2) is 5.82 Å². The van der Waals surface area contributed by atoms with Crippen molar-refractivity contribution in [2.75, 3.05) is 44.6 Å². The molecule has 30 heavy (non-hydrogen) atoms. The lowest BCUT2D eigenvalue weighted by atomic mass is 9.54. The number of aryl methyl sites for hydroxylation is 1. The number of halogens is 2. The Hall–Kier alpha value is -1.39. The molecule has 0 bridgehead atoms. The molecule has 1 aliphatic carbocycles. The molecular formula is C19H33Cl2N5O4. The number of nitrogens with one attached hydrogen (secondary N) is 1. The first kappa shape index (κ1) is 26.6. The zero-order chi connectivity index (χ0) is 20.5. The highest BCUT2D eigenvalue weighted by atomic mass is 35.5. The fraction of sp³-hybridized carbons (Fsp3) is 0.737. The Morgan fingerprint density at radius 1 is 1.30 bits per heavy atom. The second kappa shape index (κ2) is 10.3. The monoisotopic (exact) mass is 465 g/mol. The summed E-state index contributed by atoms with van der Waals surface area (Å²) in [6.45, 7) is 11.0. The summed E-state index contributed by atoms with van der Waals surface area (Å²) in [4.78, 5) is 29.1. The highest BCUT2D eigenvalue weighted by Gasteiger charge is 2.63. The van der Waals surface area contributed by atoms with E-state index in [2.05, 4.69) is 10.5 Å². The molecule has 1 aromatic heterocycles. The summed E-state index contributed by atoms with van der Waals surface area (Å²) < 4.78 is 10.7. The molecule has 3 rings (SSSR count). The molecule has 2 amide bonds. The molecule has 2 fully saturated rings. The van der Waals surface area contributed by atoms with Crippen LogP contribution in [0.2, 0.25) is 0 Å². The van der Waals surface area contributed by atoms with E-state index in [1.165, 1.54) is 0 Å². The van der Waals surface area contributed by atoms with Gasteiger partial charge >= 0.3 is 0 Å². The van der Waals surface area contributed by atoms with Crippen LogP contribution in [0.15, 0.2) is 10.6 Å². The molecule has 0 aromatic carbocycles. The van der Waals surface area contributed by atoms with Gasteiger partial charge in [-0.2, -0.15) is 0 Å². The van der Waals surface area contributed by atoms with E-state index >= 15 is 0 Å². The first-order valence-corrected chi connectivity index (χ1v) is 9.82. The molecule has 172 valence electrons. The Bertz CT molecular complexity index is 736. The van der Waals surface area contributed by atoms with Crippen LogP contribution < -0.4 is 11.1 Å². The average Bonchev–Trinajstić information content (AvgIpc) is 3.05. The molecule has 2 aliphatic rings. The van der Waals surface area contributed by atoms with E-state index < -0.39 is 11.0 Å². The molecule has 1 saturated heterocycles. The van der Waals surface area contributed by atoms with Crippen LogP contribution in [0, 0.1) is 12.3 Å². The molecule has 0 spiro atoms. The zero-order valence-electron chi connectivity index (χ0n) is 18.0. The van der Waals surface area contributed by atoms with Crippen LogP contribution in [0.3, 0.4) is 0 Å². The number of piperazine rings is 1.